The van der Waals surface area contributed by atoms with Crippen molar-refractivity contribution in [2.24, 2.45) is 5.92 Å². The molecule has 0 aliphatic heterocycles. The summed E-state index contributed by atoms with van der Waals surface area (Å²) < 4.78 is 6.38. The van der Waals surface area contributed by atoms with Gasteiger partial charge in [0.1, 0.15) is 6.33 Å². The molecule has 0 amide bonds. The summed E-state index contributed by atoms with van der Waals surface area (Å²) in [6.45, 7) is 3.98. The molecule has 1 heterocycles. The zero-order chi connectivity index (χ0) is 11.3. The summed E-state index contributed by atoms with van der Waals surface area (Å²) in [4.78, 5) is 15.8. The van der Waals surface area contributed by atoms with Crippen LogP contribution in [0.1, 0.15) is 18.6 Å². The van der Waals surface area contributed by atoms with Crippen molar-refractivity contribution in [2.75, 3.05) is 7.11 Å². The lowest BCUT2D eigenvalue weighted by Gasteiger charge is -2.20. The first-order valence-electron chi connectivity index (χ1n) is 4.91. The van der Waals surface area contributed by atoms with E-state index < -0.39 is 0 Å². The molecule has 15 heavy (non-hydrogen) atoms. The Hall–Kier alpha value is -1.14. The highest BCUT2D eigenvalue weighted by molar-refractivity contribution is 6.24. The van der Waals surface area contributed by atoms with Gasteiger partial charge in [-0.3, -0.25) is 9.36 Å². The molecule has 0 radical (unpaired) electrons. The van der Waals surface area contributed by atoms with E-state index in [1.54, 1.807) is 19.5 Å². The second-order valence-corrected chi connectivity index (χ2v) is 3.67. The molecule has 0 aromatic carbocycles. The number of carbonyl (C=O) groups is 1. The van der Waals surface area contributed by atoms with Crippen LogP contribution in [-0.4, -0.2) is 36.2 Å². The van der Waals surface area contributed by atoms with Gasteiger partial charge in [-0.15, -0.1) is 0 Å². The van der Waals surface area contributed by atoms with Crippen molar-refractivity contribution in [3.8, 4) is 0 Å². The molecule has 1 N–H and O–H groups in total. The summed E-state index contributed by atoms with van der Waals surface area (Å²) in [5, 5.41) is 3.04. The molecule has 0 spiro atoms. The Balaban J connectivity index is 2.67. The van der Waals surface area contributed by atoms with Crippen LogP contribution < -0.4 is 5.23 Å². The van der Waals surface area contributed by atoms with Crippen LogP contribution in [-0.2, 0) is 4.65 Å². The fraction of sp³-hybridized carbons (Fsp3) is 0.556. The van der Waals surface area contributed by atoms with E-state index in [-0.39, 0.29) is 17.9 Å². The van der Waals surface area contributed by atoms with Crippen LogP contribution in [0, 0.1) is 5.92 Å². The molecular formula is C9H16BN3O2. The third-order valence-electron chi connectivity index (χ3n) is 2.14. The average molecular weight is 209 g/mol. The number of hydrogen-bond acceptors (Lipinski definition) is 4. The van der Waals surface area contributed by atoms with Crippen LogP contribution in [0.4, 0.5) is 0 Å². The molecule has 0 saturated carbocycles. The molecule has 0 bridgehead atoms. The fourth-order valence-electron chi connectivity index (χ4n) is 1.33. The minimum atomic E-state index is -0.251. The van der Waals surface area contributed by atoms with Gasteiger partial charge >= 0.3 is 7.62 Å². The van der Waals surface area contributed by atoms with Crippen LogP contribution in [0.15, 0.2) is 18.7 Å². The monoisotopic (exact) mass is 209 g/mol. The summed E-state index contributed by atoms with van der Waals surface area (Å²) in [7, 11) is 1.95. The van der Waals surface area contributed by atoms with E-state index in [4.69, 9.17) is 4.65 Å². The van der Waals surface area contributed by atoms with Gasteiger partial charge in [0.05, 0.1) is 6.04 Å². The molecule has 0 aliphatic rings. The second-order valence-electron chi connectivity index (χ2n) is 3.67. The minimum absolute atomic E-state index is 0.0143. The van der Waals surface area contributed by atoms with Crippen LogP contribution in [0.2, 0.25) is 0 Å². The van der Waals surface area contributed by atoms with Gasteiger partial charge in [-0.2, -0.15) is 0 Å². The first-order chi connectivity index (χ1) is 7.16. The molecular weight excluding hydrogens is 193 g/mol. The number of rotatable bonds is 5. The Labute approximate surface area is 90.1 Å². The van der Waals surface area contributed by atoms with E-state index in [1.807, 2.05) is 13.8 Å². The van der Waals surface area contributed by atoms with Crippen molar-refractivity contribution in [2.45, 2.75) is 19.9 Å². The van der Waals surface area contributed by atoms with Gasteiger partial charge in [-0.1, -0.05) is 13.8 Å². The van der Waals surface area contributed by atoms with Crippen molar-refractivity contribution in [1.29, 1.82) is 0 Å². The molecule has 0 fully saturated rings. The molecule has 82 valence electrons. The molecule has 1 unspecified atom stereocenters. The molecule has 6 heteroatoms. The van der Waals surface area contributed by atoms with Crippen LogP contribution in [0.3, 0.4) is 0 Å². The Morgan fingerprint density at radius 2 is 2.33 bits per heavy atom. The number of aromatic nitrogens is 2. The van der Waals surface area contributed by atoms with E-state index >= 15 is 0 Å². The highest BCUT2D eigenvalue weighted by atomic mass is 16.4. The topological polar surface area (TPSA) is 56.1 Å². The Kier molecular flexibility index (Phi) is 4.52. The second kappa shape index (κ2) is 5.67. The molecule has 0 aliphatic carbocycles. The fourth-order valence-corrected chi connectivity index (χ4v) is 1.33. The van der Waals surface area contributed by atoms with Crippen LogP contribution in [0.5, 0.6) is 0 Å². The predicted molar refractivity (Wildman–Crippen MR) is 58.8 cm³/mol. The van der Waals surface area contributed by atoms with Gasteiger partial charge in [-0.05, 0) is 5.92 Å². The third kappa shape index (κ3) is 3.18. The van der Waals surface area contributed by atoms with Gasteiger partial charge in [0.2, 0.25) is 5.91 Å². The smallest absolute Gasteiger partial charge is 0.361 e. The van der Waals surface area contributed by atoms with Gasteiger partial charge in [-0.25, -0.2) is 4.98 Å². The first-order valence-corrected chi connectivity index (χ1v) is 4.91. The SMILES string of the molecule is COBNC(C(=O)n1ccnc1)C(C)C. The van der Waals surface area contributed by atoms with Gasteiger partial charge < -0.3 is 9.88 Å². The van der Waals surface area contributed by atoms with E-state index in [1.165, 1.54) is 10.9 Å². The summed E-state index contributed by atoms with van der Waals surface area (Å²) >= 11 is 0. The number of carbonyl (C=O) groups excluding carboxylic acids is 1. The molecule has 1 atom stereocenters. The summed E-state index contributed by atoms with van der Waals surface area (Å²) in [5.74, 6) is 0.189. The van der Waals surface area contributed by atoms with Crippen molar-refractivity contribution in [3.05, 3.63) is 18.7 Å². The number of hydrogen-bond donors (Lipinski definition) is 1. The number of nitrogens with zero attached hydrogens (tertiary/aromatic N) is 2. The van der Waals surface area contributed by atoms with Crippen LogP contribution in [0.25, 0.3) is 0 Å². The van der Waals surface area contributed by atoms with Gasteiger partial charge in [0.25, 0.3) is 0 Å². The lowest BCUT2D eigenvalue weighted by Crippen LogP contribution is -2.45. The lowest BCUT2D eigenvalue weighted by molar-refractivity contribution is 0.0843. The summed E-state index contributed by atoms with van der Waals surface area (Å²) in [5.41, 5.74) is 0. The van der Waals surface area contributed by atoms with E-state index in [0.29, 0.717) is 7.62 Å². The Bertz CT molecular complexity index is 300. The zero-order valence-corrected chi connectivity index (χ0v) is 9.30. The van der Waals surface area contributed by atoms with E-state index in [0.717, 1.165) is 0 Å². The molecule has 5 nitrogen and oxygen atoms in total. The predicted octanol–water partition coefficient (Wildman–Crippen LogP) is 0.0504. The quantitative estimate of drug-likeness (QED) is 0.696. The van der Waals surface area contributed by atoms with Crippen molar-refractivity contribution in [1.82, 2.24) is 14.8 Å². The Morgan fingerprint density at radius 1 is 1.60 bits per heavy atom. The Morgan fingerprint density at radius 3 is 2.80 bits per heavy atom. The number of nitrogens with one attached hydrogen (secondary N) is 1. The maximum atomic E-state index is 12.0. The largest absolute Gasteiger partial charge is 0.427 e. The molecule has 0 saturated heterocycles. The average Bonchev–Trinajstić information content (AvgIpc) is 2.70. The minimum Gasteiger partial charge on any atom is -0.427 e. The van der Waals surface area contributed by atoms with E-state index in [2.05, 4.69) is 10.2 Å². The highest BCUT2D eigenvalue weighted by Gasteiger charge is 2.22. The normalized spacial score (nSPS) is 12.8. The van der Waals surface area contributed by atoms with E-state index in [9.17, 15) is 4.79 Å². The first kappa shape index (κ1) is 11.9. The van der Waals surface area contributed by atoms with Crippen molar-refractivity contribution < 1.29 is 9.45 Å². The summed E-state index contributed by atoms with van der Waals surface area (Å²) in [6.07, 6.45) is 4.74. The summed E-state index contributed by atoms with van der Waals surface area (Å²) in [6, 6.07) is -0.251. The zero-order valence-electron chi connectivity index (χ0n) is 9.30. The maximum absolute atomic E-state index is 12.0. The molecule has 1 rings (SSSR count). The van der Waals surface area contributed by atoms with Crippen LogP contribution >= 0.6 is 0 Å². The molecule has 1 aromatic rings. The van der Waals surface area contributed by atoms with Gasteiger partial charge in [0.15, 0.2) is 0 Å². The number of imidazole rings is 1. The van der Waals surface area contributed by atoms with Gasteiger partial charge in [0, 0.05) is 19.5 Å². The maximum Gasteiger partial charge on any atom is 0.361 e. The lowest BCUT2D eigenvalue weighted by atomic mass is 10.0. The molecule has 1 aromatic heterocycles. The third-order valence-corrected chi connectivity index (χ3v) is 2.14. The highest BCUT2D eigenvalue weighted by Crippen LogP contribution is 2.04. The standard InChI is InChI=1S/C9H16BN3O2/c1-7(2)8(12-10-15-3)9(14)13-5-4-11-6-13/h4-8,10,12H,1-3H3. The van der Waals surface area contributed by atoms with Crippen molar-refractivity contribution in [3.63, 3.8) is 0 Å². The van der Waals surface area contributed by atoms with Crippen molar-refractivity contribution >= 4 is 13.5 Å².